The molecule has 1 saturated carbocycles. The van der Waals surface area contributed by atoms with Crippen LogP contribution < -0.4 is 16.6 Å². The number of H-pyrrole nitrogens is 1. The number of rotatable bonds is 3. The van der Waals surface area contributed by atoms with Gasteiger partial charge >= 0.3 is 11.9 Å². The minimum atomic E-state index is -4.27. The van der Waals surface area contributed by atoms with Crippen molar-refractivity contribution in [3.63, 3.8) is 0 Å². The van der Waals surface area contributed by atoms with E-state index >= 15 is 0 Å². The molecule has 26 heavy (non-hydrogen) atoms. The highest BCUT2D eigenvalue weighted by molar-refractivity contribution is 5.81. The number of nitrogens with one attached hydrogen (secondary N) is 2. The van der Waals surface area contributed by atoms with Crippen molar-refractivity contribution < 1.29 is 18.0 Å². The van der Waals surface area contributed by atoms with Gasteiger partial charge in [0, 0.05) is 6.04 Å². The lowest BCUT2D eigenvalue weighted by Gasteiger charge is -2.31. The largest absolute Gasteiger partial charge is 0.391 e. The van der Waals surface area contributed by atoms with Crippen molar-refractivity contribution in [1.29, 1.82) is 0 Å². The first kappa shape index (κ1) is 18.2. The van der Waals surface area contributed by atoms with Crippen molar-refractivity contribution in [2.75, 3.05) is 0 Å². The fourth-order valence-electron chi connectivity index (χ4n) is 3.43. The topological polar surface area (TPSA) is 84.0 Å². The Hall–Kier alpha value is -2.58. The lowest BCUT2D eigenvalue weighted by molar-refractivity contribution is -0.184. The van der Waals surface area contributed by atoms with Gasteiger partial charge in [0.15, 0.2) is 0 Å². The number of hydrogen-bond donors (Lipinski definition) is 2. The molecule has 0 unspecified atom stereocenters. The first-order valence-corrected chi connectivity index (χ1v) is 8.33. The third-order valence-electron chi connectivity index (χ3n) is 4.71. The van der Waals surface area contributed by atoms with Gasteiger partial charge in [0.25, 0.3) is 5.56 Å². The molecule has 1 heterocycles. The van der Waals surface area contributed by atoms with Crippen molar-refractivity contribution in [3.05, 3.63) is 45.1 Å². The Kier molecular flexibility index (Phi) is 4.88. The predicted octanol–water partition coefficient (Wildman–Crippen LogP) is 1.93. The molecular formula is C17H18F3N3O3. The Balaban J connectivity index is 1.76. The molecule has 2 N–H and O–H groups in total. The van der Waals surface area contributed by atoms with Crippen LogP contribution in [0.1, 0.15) is 25.7 Å². The van der Waals surface area contributed by atoms with Gasteiger partial charge in [-0.1, -0.05) is 18.6 Å². The Morgan fingerprint density at radius 2 is 1.96 bits per heavy atom. The molecule has 1 aliphatic carbocycles. The summed E-state index contributed by atoms with van der Waals surface area (Å²) < 4.78 is 39.7. The number of hydrogen-bond acceptors (Lipinski definition) is 3. The summed E-state index contributed by atoms with van der Waals surface area (Å²) in [6.45, 7) is -0.372. The highest BCUT2D eigenvalue weighted by Gasteiger charge is 2.42. The molecule has 1 amide bonds. The second kappa shape index (κ2) is 6.97. The summed E-state index contributed by atoms with van der Waals surface area (Å²) in [7, 11) is 0. The Morgan fingerprint density at radius 3 is 2.69 bits per heavy atom. The van der Waals surface area contributed by atoms with Gasteiger partial charge in [-0.05, 0) is 31.4 Å². The summed E-state index contributed by atoms with van der Waals surface area (Å²) in [5.74, 6) is -1.98. The molecule has 1 aromatic heterocycles. The van der Waals surface area contributed by atoms with Gasteiger partial charge in [-0.15, -0.1) is 0 Å². The maximum absolute atomic E-state index is 12.9. The standard InChI is InChI=1S/C17H18F3N3O3/c18-17(19,20)10-4-3-5-11(8-10)21-14(24)9-23-13-7-2-1-6-12(13)15(25)22-16(23)26/h1-2,6-7,10-11H,3-5,8-9H2,(H,21,24)(H,22,25,26)/t10-,11-/m0/s1. The van der Waals surface area contributed by atoms with Crippen LogP contribution in [0.3, 0.4) is 0 Å². The van der Waals surface area contributed by atoms with Gasteiger partial charge in [-0.25, -0.2) is 4.79 Å². The maximum atomic E-state index is 12.9. The van der Waals surface area contributed by atoms with E-state index in [1.54, 1.807) is 18.2 Å². The van der Waals surface area contributed by atoms with Crippen molar-refractivity contribution in [2.24, 2.45) is 5.92 Å². The smallest absolute Gasteiger partial charge is 0.352 e. The van der Waals surface area contributed by atoms with Gasteiger partial charge in [-0.2, -0.15) is 13.2 Å². The molecule has 6 nitrogen and oxygen atoms in total. The van der Waals surface area contributed by atoms with Crippen LogP contribution in [0.25, 0.3) is 10.9 Å². The molecule has 1 aliphatic rings. The maximum Gasteiger partial charge on any atom is 0.391 e. The average Bonchev–Trinajstić information content (AvgIpc) is 2.58. The van der Waals surface area contributed by atoms with Gasteiger partial charge in [0.05, 0.1) is 16.8 Å². The van der Waals surface area contributed by atoms with E-state index in [9.17, 15) is 27.6 Å². The number of aromatic amines is 1. The molecule has 2 aromatic rings. The zero-order chi connectivity index (χ0) is 18.9. The quantitative estimate of drug-likeness (QED) is 0.867. The van der Waals surface area contributed by atoms with Crippen LogP contribution in [-0.2, 0) is 11.3 Å². The number of para-hydroxylation sites is 1. The minimum Gasteiger partial charge on any atom is -0.352 e. The molecule has 1 aromatic carbocycles. The van der Waals surface area contributed by atoms with Gasteiger partial charge in [0.1, 0.15) is 6.54 Å². The summed E-state index contributed by atoms with van der Waals surface area (Å²) in [5, 5.41) is 2.84. The molecule has 1 fully saturated rings. The van der Waals surface area contributed by atoms with Crippen LogP contribution in [0.2, 0.25) is 0 Å². The summed E-state index contributed by atoms with van der Waals surface area (Å²) in [6.07, 6.45) is -3.50. The molecule has 0 spiro atoms. The summed E-state index contributed by atoms with van der Waals surface area (Å²) >= 11 is 0. The number of aromatic nitrogens is 2. The SMILES string of the molecule is O=C(Cn1c(=O)[nH]c(=O)c2ccccc21)N[C@H]1CCC[C@H](C(F)(F)F)C1. The molecule has 0 bridgehead atoms. The van der Waals surface area contributed by atoms with Crippen molar-refractivity contribution >= 4 is 16.8 Å². The summed E-state index contributed by atoms with van der Waals surface area (Å²) in [6, 6.07) is 5.75. The average molecular weight is 369 g/mol. The first-order valence-electron chi connectivity index (χ1n) is 8.33. The number of carbonyl (C=O) groups excluding carboxylic acids is 1. The molecule has 0 aliphatic heterocycles. The number of amides is 1. The van der Waals surface area contributed by atoms with Crippen molar-refractivity contribution in [2.45, 2.75) is 44.4 Å². The van der Waals surface area contributed by atoms with Crippen molar-refractivity contribution in [1.82, 2.24) is 14.9 Å². The molecule has 3 rings (SSSR count). The molecule has 9 heteroatoms. The molecule has 0 saturated heterocycles. The molecule has 2 atom stereocenters. The molecule has 140 valence electrons. The number of alkyl halides is 3. The second-order valence-electron chi connectivity index (χ2n) is 6.53. The number of halogens is 3. The fourth-order valence-corrected chi connectivity index (χ4v) is 3.43. The van der Waals surface area contributed by atoms with E-state index in [1.165, 1.54) is 6.07 Å². The van der Waals surface area contributed by atoms with Crippen LogP contribution in [0.15, 0.2) is 33.9 Å². The fraction of sp³-hybridized carbons (Fsp3) is 0.471. The van der Waals surface area contributed by atoms with Crippen LogP contribution in [0, 0.1) is 5.92 Å². The minimum absolute atomic E-state index is 0.0693. The van der Waals surface area contributed by atoms with E-state index in [2.05, 4.69) is 10.3 Å². The number of carbonyl (C=O) groups is 1. The Labute approximate surface area is 146 Å². The number of fused-ring (bicyclic) bond motifs is 1. The van der Waals surface area contributed by atoms with Crippen molar-refractivity contribution in [3.8, 4) is 0 Å². The van der Waals surface area contributed by atoms with E-state index in [0.717, 1.165) is 4.57 Å². The highest BCUT2D eigenvalue weighted by Crippen LogP contribution is 2.37. The van der Waals surface area contributed by atoms with E-state index < -0.39 is 35.3 Å². The molecular weight excluding hydrogens is 351 g/mol. The summed E-state index contributed by atoms with van der Waals surface area (Å²) in [5.41, 5.74) is -0.989. The van der Waals surface area contributed by atoms with Crippen LogP contribution in [0.4, 0.5) is 13.2 Å². The van der Waals surface area contributed by atoms with Crippen LogP contribution >= 0.6 is 0 Å². The van der Waals surface area contributed by atoms with E-state index in [-0.39, 0.29) is 24.8 Å². The zero-order valence-corrected chi connectivity index (χ0v) is 13.8. The predicted molar refractivity (Wildman–Crippen MR) is 88.8 cm³/mol. The highest BCUT2D eigenvalue weighted by atomic mass is 19.4. The lowest BCUT2D eigenvalue weighted by atomic mass is 9.85. The van der Waals surface area contributed by atoms with Gasteiger partial charge in [0.2, 0.25) is 5.91 Å². The molecule has 0 radical (unpaired) electrons. The van der Waals surface area contributed by atoms with Crippen LogP contribution in [-0.4, -0.2) is 27.7 Å². The van der Waals surface area contributed by atoms with Gasteiger partial charge in [-0.3, -0.25) is 19.1 Å². The normalized spacial score (nSPS) is 20.9. The number of nitrogens with zero attached hydrogens (tertiary/aromatic N) is 1. The second-order valence-corrected chi connectivity index (χ2v) is 6.53. The lowest BCUT2D eigenvalue weighted by Crippen LogP contribution is -2.44. The monoisotopic (exact) mass is 369 g/mol. The van der Waals surface area contributed by atoms with Gasteiger partial charge < -0.3 is 5.32 Å². The Bertz CT molecular complexity index is 932. The van der Waals surface area contributed by atoms with E-state index in [0.29, 0.717) is 18.4 Å². The third kappa shape index (κ3) is 3.81. The van der Waals surface area contributed by atoms with Crippen LogP contribution in [0.5, 0.6) is 0 Å². The summed E-state index contributed by atoms with van der Waals surface area (Å²) in [4.78, 5) is 38.3. The van der Waals surface area contributed by atoms with E-state index in [4.69, 9.17) is 0 Å². The first-order chi connectivity index (χ1) is 12.3. The number of benzene rings is 1. The van der Waals surface area contributed by atoms with E-state index in [1.807, 2.05) is 0 Å². The Morgan fingerprint density at radius 1 is 1.23 bits per heavy atom. The third-order valence-corrected chi connectivity index (χ3v) is 4.71. The zero-order valence-electron chi connectivity index (χ0n) is 13.8.